The summed E-state index contributed by atoms with van der Waals surface area (Å²) >= 11 is 0. The first-order valence-electron chi connectivity index (χ1n) is 13.1. The molecule has 3 saturated carbocycles. The average Bonchev–Trinajstić information content (AvgIpc) is 3.01. The van der Waals surface area contributed by atoms with Crippen LogP contribution in [0.4, 0.5) is 0 Å². The lowest BCUT2D eigenvalue weighted by molar-refractivity contribution is -0.228. The number of carbonyl (C=O) groups is 1. The Labute approximate surface area is 207 Å². The zero-order valence-electron chi connectivity index (χ0n) is 21.6. The molecule has 4 rings (SSSR count). The van der Waals surface area contributed by atoms with Gasteiger partial charge in [-0.25, -0.2) is 0 Å². The van der Waals surface area contributed by atoms with Crippen LogP contribution in [0.5, 0.6) is 0 Å². The van der Waals surface area contributed by atoms with Gasteiger partial charge in [-0.15, -0.1) is 0 Å². The van der Waals surface area contributed by atoms with E-state index >= 15 is 0 Å². The van der Waals surface area contributed by atoms with Crippen LogP contribution in [0.15, 0.2) is 11.6 Å². The lowest BCUT2D eigenvalue weighted by Gasteiger charge is -2.64. The number of hydrogen-bond acceptors (Lipinski definition) is 8. The number of rotatable bonds is 5. The number of ketones is 1. The van der Waals surface area contributed by atoms with E-state index < -0.39 is 69.7 Å². The molecule has 0 aromatic rings. The molecule has 8 nitrogen and oxygen atoms in total. The molecular weight excluding hydrogens is 452 g/mol. The van der Waals surface area contributed by atoms with Gasteiger partial charge in [-0.1, -0.05) is 27.7 Å². The van der Waals surface area contributed by atoms with Crippen LogP contribution in [-0.4, -0.2) is 82.7 Å². The maximum atomic E-state index is 13.3. The van der Waals surface area contributed by atoms with E-state index in [1.54, 1.807) is 13.8 Å². The third-order valence-corrected chi connectivity index (χ3v) is 10.6. The van der Waals surface area contributed by atoms with Crippen molar-refractivity contribution >= 4 is 5.78 Å². The molecule has 8 heteroatoms. The lowest BCUT2D eigenvalue weighted by Crippen LogP contribution is -2.71. The molecule has 0 spiro atoms. The van der Waals surface area contributed by atoms with Crippen molar-refractivity contribution in [3.05, 3.63) is 11.6 Å². The summed E-state index contributed by atoms with van der Waals surface area (Å²) < 4.78 is 0. The summed E-state index contributed by atoms with van der Waals surface area (Å²) in [5, 5.41) is 78.4. The summed E-state index contributed by atoms with van der Waals surface area (Å²) in [6.07, 6.45) is -1.83. The number of fused-ring (bicyclic) bond motifs is 5. The predicted molar refractivity (Wildman–Crippen MR) is 128 cm³/mol. The number of carbonyl (C=O) groups excluding carboxylic acids is 1. The van der Waals surface area contributed by atoms with Gasteiger partial charge in [0.1, 0.15) is 5.60 Å². The fourth-order valence-corrected chi connectivity index (χ4v) is 8.42. The lowest BCUT2D eigenvalue weighted by atomic mass is 9.43. The summed E-state index contributed by atoms with van der Waals surface area (Å²) in [6, 6.07) is 0. The van der Waals surface area contributed by atoms with E-state index in [1.165, 1.54) is 6.08 Å². The molecule has 0 bridgehead atoms. The van der Waals surface area contributed by atoms with Crippen molar-refractivity contribution in [1.82, 2.24) is 0 Å². The average molecular weight is 497 g/mol. The first kappa shape index (κ1) is 27.2. The van der Waals surface area contributed by atoms with Crippen molar-refractivity contribution in [1.29, 1.82) is 0 Å². The second kappa shape index (κ2) is 8.32. The van der Waals surface area contributed by atoms with Crippen molar-refractivity contribution in [2.75, 3.05) is 0 Å². The monoisotopic (exact) mass is 496 g/mol. The molecule has 0 aromatic heterocycles. The first-order chi connectivity index (χ1) is 16.0. The SMILES string of the molecule is CC(C)CC[C@@H](O)[C@](C)(O)C1CC[C@@]2(O)C3=CC(=O)[C@]4(O)C[C@@H](O)[C@@H](O)C[C@]4(C)[C@H]3[C@H](O)C[C@]12C. The third kappa shape index (κ3) is 3.55. The molecule has 0 saturated heterocycles. The number of aliphatic hydroxyl groups is 7. The topological polar surface area (TPSA) is 159 Å². The minimum absolute atomic E-state index is 0.0989. The normalized spacial score (nSPS) is 50.1. The van der Waals surface area contributed by atoms with Crippen LogP contribution >= 0.6 is 0 Å². The molecule has 35 heavy (non-hydrogen) atoms. The molecule has 0 amide bonds. The van der Waals surface area contributed by atoms with E-state index in [1.807, 2.05) is 20.8 Å². The Bertz CT molecular complexity index is 900. The molecular formula is C27H44O8. The van der Waals surface area contributed by atoms with Crippen molar-refractivity contribution in [2.45, 2.75) is 121 Å². The smallest absolute Gasteiger partial charge is 0.187 e. The Morgan fingerprint density at radius 1 is 0.971 bits per heavy atom. The van der Waals surface area contributed by atoms with E-state index in [-0.39, 0.29) is 25.7 Å². The molecule has 0 radical (unpaired) electrons. The molecule has 4 aliphatic rings. The fourth-order valence-electron chi connectivity index (χ4n) is 8.42. The fraction of sp³-hybridized carbons (Fsp3) is 0.889. The minimum Gasteiger partial charge on any atom is -0.392 e. The summed E-state index contributed by atoms with van der Waals surface area (Å²) in [5.41, 5.74) is -7.02. The second-order valence-electron chi connectivity index (χ2n) is 13.1. The summed E-state index contributed by atoms with van der Waals surface area (Å²) in [7, 11) is 0. The molecule has 1 unspecified atom stereocenters. The van der Waals surface area contributed by atoms with Gasteiger partial charge in [0.05, 0.1) is 35.6 Å². The van der Waals surface area contributed by atoms with Gasteiger partial charge in [0.15, 0.2) is 5.78 Å². The van der Waals surface area contributed by atoms with Crippen molar-refractivity contribution in [2.24, 2.45) is 28.6 Å². The standard InChI is InChI=1S/C27H44O8/c1-14(2)6-7-20(31)25(5,33)19-8-9-26(34)15-10-21(32)27(35)13-17(29)16(28)11-24(27,4)22(15)18(30)12-23(19,26)3/h10,14,16-20,22,28-31,33-35H,6-9,11-13H2,1-5H3/t16-,17+,18+,19?,20+,22+,23+,24+,25+,26+,27+/m0/s1. The molecule has 0 aliphatic heterocycles. The third-order valence-electron chi connectivity index (χ3n) is 10.6. The van der Waals surface area contributed by atoms with E-state index in [4.69, 9.17) is 0 Å². The van der Waals surface area contributed by atoms with Crippen LogP contribution in [0, 0.1) is 28.6 Å². The van der Waals surface area contributed by atoms with Gasteiger partial charge in [-0.3, -0.25) is 4.79 Å². The van der Waals surface area contributed by atoms with E-state index in [9.17, 15) is 40.5 Å². The number of aliphatic hydroxyl groups excluding tert-OH is 4. The second-order valence-corrected chi connectivity index (χ2v) is 13.1. The molecule has 4 aliphatic carbocycles. The van der Waals surface area contributed by atoms with Crippen LogP contribution in [0.2, 0.25) is 0 Å². The molecule has 3 fully saturated rings. The van der Waals surface area contributed by atoms with E-state index in [2.05, 4.69) is 0 Å². The van der Waals surface area contributed by atoms with Crippen molar-refractivity contribution in [3.63, 3.8) is 0 Å². The molecule has 200 valence electrons. The maximum absolute atomic E-state index is 13.3. The molecule has 7 N–H and O–H groups in total. The van der Waals surface area contributed by atoms with Gasteiger partial charge >= 0.3 is 0 Å². The number of hydrogen-bond donors (Lipinski definition) is 7. The highest BCUT2D eigenvalue weighted by Gasteiger charge is 2.73. The van der Waals surface area contributed by atoms with E-state index in [0.717, 1.165) is 6.42 Å². The van der Waals surface area contributed by atoms with Crippen molar-refractivity contribution in [3.8, 4) is 0 Å². The molecule has 0 heterocycles. The minimum atomic E-state index is -1.97. The molecule has 11 atom stereocenters. The zero-order chi connectivity index (χ0) is 26.4. The van der Waals surface area contributed by atoms with Crippen LogP contribution in [0.3, 0.4) is 0 Å². The Balaban J connectivity index is 1.76. The summed E-state index contributed by atoms with van der Waals surface area (Å²) in [6.45, 7) is 9.14. The quantitative estimate of drug-likeness (QED) is 0.295. The van der Waals surface area contributed by atoms with Crippen LogP contribution < -0.4 is 0 Å². The van der Waals surface area contributed by atoms with Gasteiger partial charge < -0.3 is 35.7 Å². The highest BCUT2D eigenvalue weighted by molar-refractivity contribution is 6.00. The Morgan fingerprint density at radius 2 is 1.54 bits per heavy atom. The van der Waals surface area contributed by atoms with Gasteiger partial charge in [0, 0.05) is 23.2 Å². The predicted octanol–water partition coefficient (Wildman–Crippen LogP) is 0.825. The summed E-state index contributed by atoms with van der Waals surface area (Å²) in [5.74, 6) is -1.63. The van der Waals surface area contributed by atoms with E-state index in [0.29, 0.717) is 24.3 Å². The zero-order valence-corrected chi connectivity index (χ0v) is 21.6. The van der Waals surface area contributed by atoms with Gasteiger partial charge in [-0.05, 0) is 68.9 Å². The Kier molecular flexibility index (Phi) is 6.46. The maximum Gasteiger partial charge on any atom is 0.187 e. The van der Waals surface area contributed by atoms with Gasteiger partial charge in [0.25, 0.3) is 0 Å². The summed E-state index contributed by atoms with van der Waals surface area (Å²) in [4.78, 5) is 13.3. The Morgan fingerprint density at radius 3 is 2.14 bits per heavy atom. The van der Waals surface area contributed by atoms with Crippen LogP contribution in [0.1, 0.15) is 79.6 Å². The van der Waals surface area contributed by atoms with Gasteiger partial charge in [-0.2, -0.15) is 0 Å². The largest absolute Gasteiger partial charge is 0.392 e. The molecule has 0 aromatic carbocycles. The Hall–Kier alpha value is -0.870. The van der Waals surface area contributed by atoms with Crippen LogP contribution in [-0.2, 0) is 4.79 Å². The first-order valence-corrected chi connectivity index (χ1v) is 13.1. The highest BCUT2D eigenvalue weighted by atomic mass is 16.3. The highest BCUT2D eigenvalue weighted by Crippen LogP contribution is 2.69. The van der Waals surface area contributed by atoms with Crippen LogP contribution in [0.25, 0.3) is 0 Å². The van der Waals surface area contributed by atoms with Crippen molar-refractivity contribution < 1.29 is 40.5 Å². The van der Waals surface area contributed by atoms with Gasteiger partial charge in [0.2, 0.25) is 0 Å².